The van der Waals surface area contributed by atoms with Gasteiger partial charge in [-0.15, -0.1) is 0 Å². The summed E-state index contributed by atoms with van der Waals surface area (Å²) in [7, 11) is 1.89. The molecule has 3 nitrogen and oxygen atoms in total. The summed E-state index contributed by atoms with van der Waals surface area (Å²) in [6.07, 6.45) is 0. The predicted molar refractivity (Wildman–Crippen MR) is 65.4 cm³/mol. The zero-order chi connectivity index (χ0) is 11.6. The number of nitrogens with two attached hydrogens (primary N) is 1. The highest BCUT2D eigenvalue weighted by Crippen LogP contribution is 2.26. The van der Waals surface area contributed by atoms with Crippen LogP contribution in [0, 0.1) is 0 Å². The molecular weight excluding hydrogens is 212 g/mol. The molecule has 0 fully saturated rings. The van der Waals surface area contributed by atoms with Crippen molar-refractivity contribution >= 4 is 23.0 Å². The van der Waals surface area contributed by atoms with Crippen LogP contribution in [0.1, 0.15) is 13.8 Å². The summed E-state index contributed by atoms with van der Waals surface area (Å²) in [5, 5.41) is 10.3. The maximum Gasteiger partial charge on any atom is 0.0765 e. The number of nitrogens with zero attached hydrogens (tertiary/aromatic N) is 1. The third-order valence-electron chi connectivity index (χ3n) is 2.02. The Labute approximate surface area is 95.5 Å². The van der Waals surface area contributed by atoms with E-state index in [-0.39, 0.29) is 0 Å². The summed E-state index contributed by atoms with van der Waals surface area (Å²) in [6.45, 7) is 4.03. The van der Waals surface area contributed by atoms with E-state index in [4.69, 9.17) is 17.3 Å². The third kappa shape index (κ3) is 3.61. The van der Waals surface area contributed by atoms with Crippen molar-refractivity contribution in [1.82, 2.24) is 0 Å². The van der Waals surface area contributed by atoms with Gasteiger partial charge in [-0.2, -0.15) is 0 Å². The number of hydrogen-bond acceptors (Lipinski definition) is 3. The number of likely N-dealkylation sites (N-methyl/N-ethyl adjacent to an activating group) is 1. The van der Waals surface area contributed by atoms with Crippen LogP contribution < -0.4 is 10.6 Å². The summed E-state index contributed by atoms with van der Waals surface area (Å²) in [5.41, 5.74) is 6.58. The average Bonchev–Trinajstić information content (AvgIpc) is 1.99. The van der Waals surface area contributed by atoms with Crippen molar-refractivity contribution in [2.75, 3.05) is 24.2 Å². The van der Waals surface area contributed by atoms with Crippen LogP contribution in [-0.4, -0.2) is 24.3 Å². The number of anilines is 2. The maximum absolute atomic E-state index is 9.69. The first-order chi connectivity index (χ1) is 6.79. The topological polar surface area (TPSA) is 49.5 Å². The zero-order valence-electron chi connectivity index (χ0n) is 9.29. The van der Waals surface area contributed by atoms with Gasteiger partial charge in [0.05, 0.1) is 17.0 Å². The van der Waals surface area contributed by atoms with Crippen molar-refractivity contribution in [2.24, 2.45) is 0 Å². The minimum absolute atomic E-state index is 0.513. The van der Waals surface area contributed by atoms with Crippen molar-refractivity contribution in [3.8, 4) is 0 Å². The van der Waals surface area contributed by atoms with Crippen LogP contribution in [0.15, 0.2) is 18.2 Å². The maximum atomic E-state index is 9.69. The van der Waals surface area contributed by atoms with Crippen LogP contribution in [0.25, 0.3) is 0 Å². The van der Waals surface area contributed by atoms with Crippen molar-refractivity contribution in [1.29, 1.82) is 0 Å². The summed E-state index contributed by atoms with van der Waals surface area (Å²) in [6, 6.07) is 5.34. The fraction of sp³-hybridized carbons (Fsp3) is 0.455. The molecule has 84 valence electrons. The minimum Gasteiger partial charge on any atom is -0.397 e. The smallest absolute Gasteiger partial charge is 0.0765 e. The largest absolute Gasteiger partial charge is 0.397 e. The molecule has 0 aliphatic heterocycles. The third-order valence-corrected chi connectivity index (χ3v) is 2.26. The van der Waals surface area contributed by atoms with Gasteiger partial charge in [-0.05, 0) is 32.0 Å². The van der Waals surface area contributed by atoms with E-state index in [1.54, 1.807) is 26.0 Å². The Kier molecular flexibility index (Phi) is 3.47. The van der Waals surface area contributed by atoms with Gasteiger partial charge in [-0.3, -0.25) is 0 Å². The van der Waals surface area contributed by atoms with Gasteiger partial charge in [-0.1, -0.05) is 11.6 Å². The minimum atomic E-state index is -0.749. The van der Waals surface area contributed by atoms with Crippen molar-refractivity contribution in [3.63, 3.8) is 0 Å². The molecule has 4 heteroatoms. The molecule has 0 atom stereocenters. The van der Waals surface area contributed by atoms with E-state index >= 15 is 0 Å². The van der Waals surface area contributed by atoms with Crippen molar-refractivity contribution in [3.05, 3.63) is 23.2 Å². The van der Waals surface area contributed by atoms with Gasteiger partial charge >= 0.3 is 0 Å². The second-order valence-corrected chi connectivity index (χ2v) is 4.81. The molecule has 3 N–H and O–H groups in total. The second-order valence-electron chi connectivity index (χ2n) is 4.37. The molecule has 0 saturated heterocycles. The monoisotopic (exact) mass is 228 g/mol. The van der Waals surface area contributed by atoms with E-state index in [0.717, 1.165) is 5.69 Å². The summed E-state index contributed by atoms with van der Waals surface area (Å²) < 4.78 is 0. The highest BCUT2D eigenvalue weighted by atomic mass is 35.5. The van der Waals surface area contributed by atoms with E-state index in [1.165, 1.54) is 0 Å². The van der Waals surface area contributed by atoms with E-state index in [0.29, 0.717) is 17.3 Å². The Balaban J connectivity index is 2.87. The lowest BCUT2D eigenvalue weighted by molar-refractivity contribution is 0.0886. The molecular formula is C11H17ClN2O. The molecule has 1 rings (SSSR count). The lowest BCUT2D eigenvalue weighted by Crippen LogP contribution is -2.36. The van der Waals surface area contributed by atoms with Crippen LogP contribution >= 0.6 is 11.6 Å². The first-order valence-corrected chi connectivity index (χ1v) is 5.16. The molecule has 0 unspecified atom stereocenters. The molecule has 1 aromatic rings. The normalized spacial score (nSPS) is 11.5. The van der Waals surface area contributed by atoms with Crippen LogP contribution in [0.5, 0.6) is 0 Å². The zero-order valence-corrected chi connectivity index (χ0v) is 10.0. The summed E-state index contributed by atoms with van der Waals surface area (Å²) in [4.78, 5) is 1.91. The summed E-state index contributed by atoms with van der Waals surface area (Å²) >= 11 is 5.81. The Morgan fingerprint density at radius 3 is 2.53 bits per heavy atom. The van der Waals surface area contributed by atoms with E-state index in [1.807, 2.05) is 18.0 Å². The molecule has 0 radical (unpaired) electrons. The highest BCUT2D eigenvalue weighted by molar-refractivity contribution is 6.31. The molecule has 15 heavy (non-hydrogen) atoms. The standard InChI is InChI=1S/C11H17ClN2O/c1-11(2,15)7-14(3)10-5-4-8(12)6-9(10)13/h4-6,15H,7,13H2,1-3H3. The first kappa shape index (κ1) is 12.1. The number of aliphatic hydroxyl groups is 1. The Morgan fingerprint density at radius 2 is 2.07 bits per heavy atom. The van der Waals surface area contributed by atoms with Crippen molar-refractivity contribution < 1.29 is 5.11 Å². The van der Waals surface area contributed by atoms with E-state index in [9.17, 15) is 5.11 Å². The van der Waals surface area contributed by atoms with Gasteiger partial charge in [0.2, 0.25) is 0 Å². The van der Waals surface area contributed by atoms with Crippen LogP contribution in [0.2, 0.25) is 5.02 Å². The Hall–Kier alpha value is -0.930. The van der Waals surface area contributed by atoms with Crippen LogP contribution in [-0.2, 0) is 0 Å². The first-order valence-electron chi connectivity index (χ1n) is 4.78. The van der Waals surface area contributed by atoms with Crippen LogP contribution in [0.4, 0.5) is 11.4 Å². The predicted octanol–water partition coefficient (Wildman–Crippen LogP) is 2.13. The van der Waals surface area contributed by atoms with Crippen LogP contribution in [0.3, 0.4) is 0 Å². The lowest BCUT2D eigenvalue weighted by atomic mass is 10.1. The molecule has 0 saturated carbocycles. The SMILES string of the molecule is CN(CC(C)(C)O)c1ccc(Cl)cc1N. The molecule has 0 heterocycles. The Morgan fingerprint density at radius 1 is 1.47 bits per heavy atom. The fourth-order valence-electron chi connectivity index (χ4n) is 1.54. The van der Waals surface area contributed by atoms with Gasteiger partial charge in [0.15, 0.2) is 0 Å². The number of halogens is 1. The molecule has 1 aromatic carbocycles. The van der Waals surface area contributed by atoms with Crippen molar-refractivity contribution in [2.45, 2.75) is 19.4 Å². The van der Waals surface area contributed by atoms with Gasteiger partial charge in [0, 0.05) is 18.6 Å². The van der Waals surface area contributed by atoms with Gasteiger partial charge in [-0.25, -0.2) is 0 Å². The molecule has 0 bridgehead atoms. The Bertz CT molecular complexity index is 347. The fourth-order valence-corrected chi connectivity index (χ4v) is 1.72. The average molecular weight is 229 g/mol. The van der Waals surface area contributed by atoms with Gasteiger partial charge in [0.1, 0.15) is 0 Å². The molecule has 0 aliphatic carbocycles. The quantitative estimate of drug-likeness (QED) is 0.780. The van der Waals surface area contributed by atoms with E-state index in [2.05, 4.69) is 0 Å². The molecule has 0 aromatic heterocycles. The van der Waals surface area contributed by atoms with E-state index < -0.39 is 5.60 Å². The second kappa shape index (κ2) is 4.29. The summed E-state index contributed by atoms with van der Waals surface area (Å²) in [5.74, 6) is 0. The number of nitrogen functional groups attached to an aromatic ring is 1. The molecule has 0 aliphatic rings. The van der Waals surface area contributed by atoms with Gasteiger partial charge < -0.3 is 15.7 Å². The number of benzene rings is 1. The number of hydrogen-bond donors (Lipinski definition) is 2. The molecule has 0 amide bonds. The van der Waals surface area contributed by atoms with Gasteiger partial charge in [0.25, 0.3) is 0 Å². The number of rotatable bonds is 3. The molecule has 0 spiro atoms. The highest BCUT2D eigenvalue weighted by Gasteiger charge is 2.17. The lowest BCUT2D eigenvalue weighted by Gasteiger charge is -2.28.